The molecule has 1 aromatic rings. The molecule has 0 radical (unpaired) electrons. The summed E-state index contributed by atoms with van der Waals surface area (Å²) in [5.74, 6) is 0.0913. The number of hydrogen-bond donors (Lipinski definition) is 2. The number of aromatic hydroxyl groups is 1. The van der Waals surface area contributed by atoms with Crippen molar-refractivity contribution in [3.8, 4) is 5.75 Å². The Labute approximate surface area is 106 Å². The van der Waals surface area contributed by atoms with E-state index in [9.17, 15) is 4.79 Å². The minimum absolute atomic E-state index is 0.126. The second-order valence-corrected chi connectivity index (χ2v) is 4.31. The van der Waals surface area contributed by atoms with Gasteiger partial charge >= 0.3 is 0 Å². The van der Waals surface area contributed by atoms with Crippen molar-refractivity contribution in [2.45, 2.75) is 18.9 Å². The standard InChI is InChI=1S/C14H17NO3/c16-12-6-3-11(4-7-12)5-8-14(17)15-10-13-2-1-9-18-13/h3-8,13,16H,1-2,9-10H2,(H,15,17)/b8-5+. The summed E-state index contributed by atoms with van der Waals surface area (Å²) in [5.41, 5.74) is 0.875. The van der Waals surface area contributed by atoms with E-state index in [-0.39, 0.29) is 17.8 Å². The average molecular weight is 247 g/mol. The van der Waals surface area contributed by atoms with Crippen molar-refractivity contribution in [3.05, 3.63) is 35.9 Å². The van der Waals surface area contributed by atoms with Crippen molar-refractivity contribution in [3.63, 3.8) is 0 Å². The Morgan fingerprint density at radius 2 is 2.22 bits per heavy atom. The number of phenolic OH excluding ortho intramolecular Hbond substituents is 1. The predicted molar refractivity (Wildman–Crippen MR) is 69.1 cm³/mol. The van der Waals surface area contributed by atoms with Gasteiger partial charge in [0.25, 0.3) is 0 Å². The molecule has 0 aromatic heterocycles. The van der Waals surface area contributed by atoms with Crippen LogP contribution in [0.5, 0.6) is 5.75 Å². The Bertz CT molecular complexity index is 419. The summed E-state index contributed by atoms with van der Waals surface area (Å²) in [4.78, 5) is 11.5. The number of amides is 1. The van der Waals surface area contributed by atoms with Crippen molar-refractivity contribution < 1.29 is 14.6 Å². The molecular formula is C14H17NO3. The third kappa shape index (κ3) is 3.89. The van der Waals surface area contributed by atoms with Crippen LogP contribution in [0.4, 0.5) is 0 Å². The van der Waals surface area contributed by atoms with Crippen LogP contribution in [0, 0.1) is 0 Å². The summed E-state index contributed by atoms with van der Waals surface area (Å²) in [6.45, 7) is 1.36. The molecule has 0 bridgehead atoms. The zero-order chi connectivity index (χ0) is 12.8. The summed E-state index contributed by atoms with van der Waals surface area (Å²) in [6.07, 6.45) is 5.45. The van der Waals surface area contributed by atoms with Crippen molar-refractivity contribution in [1.29, 1.82) is 0 Å². The Kier molecular flexibility index (Phi) is 4.36. The van der Waals surface area contributed by atoms with Crippen LogP contribution in [0.25, 0.3) is 6.08 Å². The molecule has 1 aliphatic rings. The monoisotopic (exact) mass is 247 g/mol. The first-order valence-electron chi connectivity index (χ1n) is 6.10. The quantitative estimate of drug-likeness (QED) is 0.796. The highest BCUT2D eigenvalue weighted by atomic mass is 16.5. The van der Waals surface area contributed by atoms with E-state index in [0.717, 1.165) is 25.0 Å². The van der Waals surface area contributed by atoms with Crippen LogP contribution in [-0.2, 0) is 9.53 Å². The van der Waals surface area contributed by atoms with Gasteiger partial charge in [-0.1, -0.05) is 12.1 Å². The molecule has 1 saturated heterocycles. The normalized spacial score (nSPS) is 19.2. The Hall–Kier alpha value is -1.81. The van der Waals surface area contributed by atoms with E-state index in [0.29, 0.717) is 6.54 Å². The lowest BCUT2D eigenvalue weighted by Crippen LogP contribution is -2.30. The molecule has 0 spiro atoms. The van der Waals surface area contributed by atoms with E-state index in [2.05, 4.69) is 5.32 Å². The molecule has 1 unspecified atom stereocenters. The first-order chi connectivity index (χ1) is 8.74. The fraction of sp³-hybridized carbons (Fsp3) is 0.357. The van der Waals surface area contributed by atoms with Gasteiger partial charge in [-0.25, -0.2) is 0 Å². The SMILES string of the molecule is O=C(/C=C/c1ccc(O)cc1)NCC1CCCO1. The summed E-state index contributed by atoms with van der Waals surface area (Å²) in [5, 5.41) is 11.9. The van der Waals surface area contributed by atoms with Crippen molar-refractivity contribution in [1.82, 2.24) is 5.32 Å². The molecule has 0 aliphatic carbocycles. The number of ether oxygens (including phenoxy) is 1. The lowest BCUT2D eigenvalue weighted by Gasteiger charge is -2.08. The van der Waals surface area contributed by atoms with E-state index in [1.807, 2.05) is 0 Å². The van der Waals surface area contributed by atoms with Gasteiger partial charge in [0.05, 0.1) is 6.10 Å². The second-order valence-electron chi connectivity index (χ2n) is 4.31. The van der Waals surface area contributed by atoms with Gasteiger partial charge in [0, 0.05) is 19.2 Å². The Balaban J connectivity index is 1.77. The topological polar surface area (TPSA) is 58.6 Å². The summed E-state index contributed by atoms with van der Waals surface area (Å²) in [7, 11) is 0. The van der Waals surface area contributed by atoms with E-state index in [1.165, 1.54) is 6.08 Å². The van der Waals surface area contributed by atoms with Crippen molar-refractivity contribution in [2.75, 3.05) is 13.2 Å². The van der Waals surface area contributed by atoms with Crippen LogP contribution in [0.15, 0.2) is 30.3 Å². The van der Waals surface area contributed by atoms with Crippen molar-refractivity contribution in [2.24, 2.45) is 0 Å². The number of phenols is 1. The lowest BCUT2D eigenvalue weighted by molar-refractivity contribution is -0.116. The summed E-state index contributed by atoms with van der Waals surface area (Å²) < 4.78 is 5.41. The van der Waals surface area contributed by atoms with Gasteiger partial charge in [0.15, 0.2) is 0 Å². The molecule has 1 aliphatic heterocycles. The highest BCUT2D eigenvalue weighted by molar-refractivity contribution is 5.91. The third-order valence-corrected chi connectivity index (χ3v) is 2.85. The van der Waals surface area contributed by atoms with E-state index in [1.54, 1.807) is 30.3 Å². The molecule has 96 valence electrons. The van der Waals surface area contributed by atoms with Crippen LogP contribution in [-0.4, -0.2) is 30.3 Å². The van der Waals surface area contributed by atoms with Crippen LogP contribution in [0.3, 0.4) is 0 Å². The molecular weight excluding hydrogens is 230 g/mol. The maximum Gasteiger partial charge on any atom is 0.244 e. The molecule has 1 amide bonds. The fourth-order valence-electron chi connectivity index (χ4n) is 1.84. The number of nitrogens with one attached hydrogen (secondary N) is 1. The van der Waals surface area contributed by atoms with Gasteiger partial charge in [-0.3, -0.25) is 4.79 Å². The molecule has 2 rings (SSSR count). The van der Waals surface area contributed by atoms with Gasteiger partial charge in [0.2, 0.25) is 5.91 Å². The molecule has 18 heavy (non-hydrogen) atoms. The predicted octanol–water partition coefficient (Wildman–Crippen LogP) is 1.70. The fourth-order valence-corrected chi connectivity index (χ4v) is 1.84. The minimum Gasteiger partial charge on any atom is -0.508 e. The summed E-state index contributed by atoms with van der Waals surface area (Å²) in [6, 6.07) is 6.67. The van der Waals surface area contributed by atoms with E-state index in [4.69, 9.17) is 9.84 Å². The second kappa shape index (κ2) is 6.21. The molecule has 4 heteroatoms. The maximum atomic E-state index is 11.5. The van der Waals surface area contributed by atoms with Gasteiger partial charge in [-0.15, -0.1) is 0 Å². The Morgan fingerprint density at radius 1 is 1.44 bits per heavy atom. The van der Waals surface area contributed by atoms with Crippen LogP contribution < -0.4 is 5.32 Å². The van der Waals surface area contributed by atoms with E-state index < -0.39 is 0 Å². The number of benzene rings is 1. The first-order valence-corrected chi connectivity index (χ1v) is 6.10. The highest BCUT2D eigenvalue weighted by Gasteiger charge is 2.15. The minimum atomic E-state index is -0.126. The largest absolute Gasteiger partial charge is 0.508 e. The zero-order valence-corrected chi connectivity index (χ0v) is 10.1. The smallest absolute Gasteiger partial charge is 0.244 e. The third-order valence-electron chi connectivity index (χ3n) is 2.85. The number of carbonyl (C=O) groups excluding carboxylic acids is 1. The molecule has 1 aromatic carbocycles. The number of rotatable bonds is 4. The van der Waals surface area contributed by atoms with Crippen LogP contribution >= 0.6 is 0 Å². The molecule has 1 fully saturated rings. The average Bonchev–Trinajstić information content (AvgIpc) is 2.89. The highest BCUT2D eigenvalue weighted by Crippen LogP contribution is 2.11. The number of hydrogen-bond acceptors (Lipinski definition) is 3. The molecule has 4 nitrogen and oxygen atoms in total. The van der Waals surface area contributed by atoms with Crippen LogP contribution in [0.2, 0.25) is 0 Å². The molecule has 1 atom stereocenters. The van der Waals surface area contributed by atoms with Gasteiger partial charge in [0.1, 0.15) is 5.75 Å². The van der Waals surface area contributed by atoms with Gasteiger partial charge in [-0.05, 0) is 36.6 Å². The van der Waals surface area contributed by atoms with Gasteiger partial charge in [-0.2, -0.15) is 0 Å². The van der Waals surface area contributed by atoms with Crippen molar-refractivity contribution >= 4 is 12.0 Å². The first kappa shape index (κ1) is 12.6. The molecule has 1 heterocycles. The number of carbonyl (C=O) groups is 1. The van der Waals surface area contributed by atoms with E-state index >= 15 is 0 Å². The maximum absolute atomic E-state index is 11.5. The Morgan fingerprint density at radius 3 is 2.89 bits per heavy atom. The van der Waals surface area contributed by atoms with Gasteiger partial charge < -0.3 is 15.2 Å². The molecule has 2 N–H and O–H groups in total. The zero-order valence-electron chi connectivity index (χ0n) is 10.1. The summed E-state index contributed by atoms with van der Waals surface area (Å²) >= 11 is 0. The molecule has 0 saturated carbocycles. The lowest BCUT2D eigenvalue weighted by atomic mass is 10.2. The van der Waals surface area contributed by atoms with Crippen LogP contribution in [0.1, 0.15) is 18.4 Å².